The molecule has 1 aromatic heterocycles. The molecule has 0 aliphatic heterocycles. The monoisotopic (exact) mass is 398 g/mol. The maximum Gasteiger partial charge on any atom is 0.237 e. The van der Waals surface area contributed by atoms with Crippen LogP contribution >= 0.6 is 11.8 Å². The van der Waals surface area contributed by atoms with Gasteiger partial charge in [-0.15, -0.1) is 10.2 Å². The highest BCUT2D eigenvalue weighted by molar-refractivity contribution is 8.00. The molecule has 0 unspecified atom stereocenters. The predicted molar refractivity (Wildman–Crippen MR) is 107 cm³/mol. The number of aromatic nitrogens is 3. The zero-order valence-electron chi connectivity index (χ0n) is 15.6. The Hall–Kier alpha value is -3.00. The fourth-order valence-corrected chi connectivity index (χ4v) is 3.35. The third-order valence-corrected chi connectivity index (χ3v) is 5.26. The van der Waals surface area contributed by atoms with Crippen LogP contribution in [0.4, 0.5) is 10.1 Å². The van der Waals surface area contributed by atoms with Crippen molar-refractivity contribution in [3.63, 3.8) is 0 Å². The minimum atomic E-state index is -0.440. The molecule has 8 heteroatoms. The standard InChI is InChI=1S/C20H19FN4O2S/c1-12(26)15-5-4-6-17(11-15)22-19(27)13(2)28-20-24-23-18(25(20)3)14-7-9-16(21)10-8-14/h4-11,13H,1-3H3,(H,22,27)/t13-/m1/s1. The van der Waals surface area contributed by atoms with Crippen molar-refractivity contribution in [1.29, 1.82) is 0 Å². The van der Waals surface area contributed by atoms with Crippen LogP contribution in [0.15, 0.2) is 53.7 Å². The molecule has 6 nitrogen and oxygen atoms in total. The minimum Gasteiger partial charge on any atom is -0.325 e. The van der Waals surface area contributed by atoms with Crippen molar-refractivity contribution in [3.8, 4) is 11.4 Å². The zero-order chi connectivity index (χ0) is 20.3. The topological polar surface area (TPSA) is 76.9 Å². The molecule has 0 spiro atoms. The Bertz CT molecular complexity index is 1020. The van der Waals surface area contributed by atoms with Gasteiger partial charge in [-0.1, -0.05) is 23.9 Å². The first-order valence-corrected chi connectivity index (χ1v) is 9.47. The second-order valence-electron chi connectivity index (χ2n) is 6.26. The highest BCUT2D eigenvalue weighted by atomic mass is 32.2. The van der Waals surface area contributed by atoms with Gasteiger partial charge in [0.05, 0.1) is 5.25 Å². The lowest BCUT2D eigenvalue weighted by molar-refractivity contribution is -0.115. The Balaban J connectivity index is 1.70. The SMILES string of the molecule is CC(=O)c1cccc(NC(=O)[C@@H](C)Sc2nnc(-c3ccc(F)cc3)n2C)c1. The van der Waals surface area contributed by atoms with Crippen LogP contribution in [-0.2, 0) is 11.8 Å². The van der Waals surface area contributed by atoms with Gasteiger partial charge in [0, 0.05) is 23.9 Å². The van der Waals surface area contributed by atoms with Gasteiger partial charge in [0.15, 0.2) is 16.8 Å². The molecule has 1 atom stereocenters. The van der Waals surface area contributed by atoms with Gasteiger partial charge in [0.25, 0.3) is 0 Å². The first kappa shape index (κ1) is 19.8. The first-order chi connectivity index (χ1) is 13.3. The summed E-state index contributed by atoms with van der Waals surface area (Å²) in [6.07, 6.45) is 0. The lowest BCUT2D eigenvalue weighted by Crippen LogP contribution is -2.23. The summed E-state index contributed by atoms with van der Waals surface area (Å²) in [6, 6.07) is 12.8. The average molecular weight is 398 g/mol. The van der Waals surface area contributed by atoms with Gasteiger partial charge in [0.1, 0.15) is 5.82 Å². The summed E-state index contributed by atoms with van der Waals surface area (Å²) in [5.74, 6) is -0.00751. The molecule has 28 heavy (non-hydrogen) atoms. The summed E-state index contributed by atoms with van der Waals surface area (Å²) in [5.41, 5.74) is 1.84. The summed E-state index contributed by atoms with van der Waals surface area (Å²) in [5, 5.41) is 11.2. The predicted octanol–water partition coefficient (Wildman–Crippen LogP) is 3.94. The average Bonchev–Trinajstić information content (AvgIpc) is 3.03. The van der Waals surface area contributed by atoms with Gasteiger partial charge in [0.2, 0.25) is 5.91 Å². The van der Waals surface area contributed by atoms with Crippen molar-refractivity contribution in [2.45, 2.75) is 24.3 Å². The van der Waals surface area contributed by atoms with Gasteiger partial charge < -0.3 is 9.88 Å². The second kappa shape index (κ2) is 8.35. The number of carbonyl (C=O) groups is 2. The number of hydrogen-bond donors (Lipinski definition) is 1. The number of benzene rings is 2. The Morgan fingerprint density at radius 3 is 2.54 bits per heavy atom. The fourth-order valence-electron chi connectivity index (χ4n) is 2.54. The molecule has 0 aliphatic carbocycles. The number of rotatable bonds is 6. The van der Waals surface area contributed by atoms with E-state index in [4.69, 9.17) is 0 Å². The van der Waals surface area contributed by atoms with E-state index in [0.717, 1.165) is 5.56 Å². The van der Waals surface area contributed by atoms with Crippen molar-refractivity contribution in [1.82, 2.24) is 14.8 Å². The van der Waals surface area contributed by atoms with Crippen molar-refractivity contribution < 1.29 is 14.0 Å². The van der Waals surface area contributed by atoms with E-state index in [1.54, 1.807) is 54.9 Å². The molecule has 3 rings (SSSR count). The Labute approximate surface area is 166 Å². The van der Waals surface area contributed by atoms with Gasteiger partial charge >= 0.3 is 0 Å². The highest BCUT2D eigenvalue weighted by Gasteiger charge is 2.19. The van der Waals surface area contributed by atoms with E-state index in [9.17, 15) is 14.0 Å². The van der Waals surface area contributed by atoms with Crippen LogP contribution in [0.25, 0.3) is 11.4 Å². The molecular weight excluding hydrogens is 379 g/mol. The van der Waals surface area contributed by atoms with Crippen LogP contribution in [-0.4, -0.2) is 31.7 Å². The summed E-state index contributed by atoms with van der Waals surface area (Å²) in [4.78, 5) is 24.0. The van der Waals surface area contributed by atoms with Crippen molar-refractivity contribution in [2.75, 3.05) is 5.32 Å². The number of thioether (sulfide) groups is 1. The van der Waals surface area contributed by atoms with Gasteiger partial charge in [-0.2, -0.15) is 0 Å². The largest absolute Gasteiger partial charge is 0.325 e. The first-order valence-electron chi connectivity index (χ1n) is 8.59. The summed E-state index contributed by atoms with van der Waals surface area (Å²) < 4.78 is 14.9. The normalized spacial score (nSPS) is 11.9. The number of anilines is 1. The van der Waals surface area contributed by atoms with E-state index in [2.05, 4.69) is 15.5 Å². The summed E-state index contributed by atoms with van der Waals surface area (Å²) in [7, 11) is 1.79. The van der Waals surface area contributed by atoms with Crippen LogP contribution in [0, 0.1) is 5.82 Å². The van der Waals surface area contributed by atoms with E-state index in [-0.39, 0.29) is 17.5 Å². The number of amides is 1. The van der Waals surface area contributed by atoms with E-state index >= 15 is 0 Å². The molecule has 0 saturated heterocycles. The lowest BCUT2D eigenvalue weighted by Gasteiger charge is -2.12. The Kier molecular flexibility index (Phi) is 5.89. The molecule has 0 saturated carbocycles. The van der Waals surface area contributed by atoms with Crippen LogP contribution in [0.2, 0.25) is 0 Å². The van der Waals surface area contributed by atoms with E-state index in [1.165, 1.54) is 30.8 Å². The quantitative estimate of drug-likeness (QED) is 0.503. The fraction of sp³-hybridized carbons (Fsp3) is 0.200. The minimum absolute atomic E-state index is 0.0640. The van der Waals surface area contributed by atoms with E-state index in [0.29, 0.717) is 22.2 Å². The van der Waals surface area contributed by atoms with E-state index < -0.39 is 5.25 Å². The van der Waals surface area contributed by atoms with E-state index in [1.807, 2.05) is 0 Å². The van der Waals surface area contributed by atoms with Crippen LogP contribution < -0.4 is 5.32 Å². The molecule has 3 aromatic rings. The molecule has 0 radical (unpaired) electrons. The van der Waals surface area contributed by atoms with Crippen LogP contribution in [0.1, 0.15) is 24.2 Å². The molecular formula is C20H19FN4O2S. The molecule has 2 aromatic carbocycles. The molecule has 0 aliphatic rings. The van der Waals surface area contributed by atoms with Crippen LogP contribution in [0.3, 0.4) is 0 Å². The third-order valence-electron chi connectivity index (χ3n) is 4.13. The maximum absolute atomic E-state index is 13.1. The van der Waals surface area contributed by atoms with Crippen molar-refractivity contribution in [2.24, 2.45) is 7.05 Å². The number of carbonyl (C=O) groups excluding carboxylic acids is 2. The molecule has 0 fully saturated rings. The lowest BCUT2D eigenvalue weighted by atomic mass is 10.1. The summed E-state index contributed by atoms with van der Waals surface area (Å²) >= 11 is 1.26. The molecule has 1 N–H and O–H groups in total. The number of nitrogens with one attached hydrogen (secondary N) is 1. The second-order valence-corrected chi connectivity index (χ2v) is 7.57. The molecule has 144 valence electrons. The van der Waals surface area contributed by atoms with Crippen molar-refractivity contribution >= 4 is 29.1 Å². The maximum atomic E-state index is 13.1. The zero-order valence-corrected chi connectivity index (χ0v) is 16.5. The molecule has 0 bridgehead atoms. The van der Waals surface area contributed by atoms with Crippen molar-refractivity contribution in [3.05, 3.63) is 59.9 Å². The number of halogens is 1. The molecule has 1 heterocycles. The Morgan fingerprint density at radius 1 is 1.14 bits per heavy atom. The highest BCUT2D eigenvalue weighted by Crippen LogP contribution is 2.26. The van der Waals surface area contributed by atoms with Gasteiger partial charge in [-0.3, -0.25) is 9.59 Å². The van der Waals surface area contributed by atoms with Gasteiger partial charge in [-0.05, 0) is 50.2 Å². The number of ketones is 1. The molecule has 1 amide bonds. The summed E-state index contributed by atoms with van der Waals surface area (Å²) in [6.45, 7) is 3.24. The van der Waals surface area contributed by atoms with Gasteiger partial charge in [-0.25, -0.2) is 4.39 Å². The smallest absolute Gasteiger partial charge is 0.237 e. The third kappa shape index (κ3) is 4.45. The van der Waals surface area contributed by atoms with Crippen LogP contribution in [0.5, 0.6) is 0 Å². The number of hydrogen-bond acceptors (Lipinski definition) is 5. The number of nitrogens with zero attached hydrogens (tertiary/aromatic N) is 3. The Morgan fingerprint density at radius 2 is 1.86 bits per heavy atom. The number of Topliss-reactive ketones (excluding diaryl/α,β-unsaturated/α-hetero) is 1.